The molecule has 0 radical (unpaired) electrons. The van der Waals surface area contributed by atoms with Crippen LogP contribution in [0.4, 0.5) is 5.69 Å². The Morgan fingerprint density at radius 2 is 1.90 bits per heavy atom. The number of halogens is 1. The maximum Gasteiger partial charge on any atom is 0.243 e. The highest BCUT2D eigenvalue weighted by Gasteiger charge is 2.27. The van der Waals surface area contributed by atoms with Gasteiger partial charge in [0.2, 0.25) is 15.9 Å². The maximum atomic E-state index is 12.8. The smallest absolute Gasteiger partial charge is 0.243 e. The Hall–Kier alpha value is -1.90. The lowest BCUT2D eigenvalue weighted by molar-refractivity contribution is -0.116. The van der Waals surface area contributed by atoms with Gasteiger partial charge in [-0.2, -0.15) is 4.31 Å². The van der Waals surface area contributed by atoms with Gasteiger partial charge in [-0.3, -0.25) is 4.79 Å². The molecule has 1 amide bonds. The van der Waals surface area contributed by atoms with Crippen molar-refractivity contribution >= 4 is 37.5 Å². The molecule has 0 unspecified atom stereocenters. The van der Waals surface area contributed by atoms with Crippen LogP contribution in [-0.2, 0) is 21.2 Å². The van der Waals surface area contributed by atoms with E-state index in [0.29, 0.717) is 30.8 Å². The van der Waals surface area contributed by atoms with Crippen molar-refractivity contribution in [3.63, 3.8) is 0 Å². The minimum Gasteiger partial charge on any atom is -0.496 e. The topological polar surface area (TPSA) is 75.7 Å². The molecule has 3 rings (SSSR count). The van der Waals surface area contributed by atoms with Crippen LogP contribution in [0.1, 0.15) is 30.4 Å². The number of nitrogens with one attached hydrogen (secondary N) is 1. The monoisotopic (exact) mass is 480 g/mol. The van der Waals surface area contributed by atoms with Gasteiger partial charge in [0.1, 0.15) is 5.75 Å². The highest BCUT2D eigenvalue weighted by Crippen LogP contribution is 2.27. The number of anilines is 1. The van der Waals surface area contributed by atoms with Gasteiger partial charge in [0, 0.05) is 29.7 Å². The SMILES string of the molecule is COc1ccc(S(=O)(=O)N2CCCC2)cc1CCC(=O)Nc1ccc(Br)c(C)c1. The molecular formula is C21H25BrN2O4S. The summed E-state index contributed by atoms with van der Waals surface area (Å²) in [6.07, 6.45) is 2.38. The quantitative estimate of drug-likeness (QED) is 0.646. The summed E-state index contributed by atoms with van der Waals surface area (Å²) in [5.41, 5.74) is 2.47. The first-order chi connectivity index (χ1) is 13.8. The summed E-state index contributed by atoms with van der Waals surface area (Å²) in [6.45, 7) is 3.06. The van der Waals surface area contributed by atoms with E-state index in [-0.39, 0.29) is 17.2 Å². The second-order valence-electron chi connectivity index (χ2n) is 7.10. The van der Waals surface area contributed by atoms with E-state index in [1.807, 2.05) is 25.1 Å². The zero-order valence-electron chi connectivity index (χ0n) is 16.6. The minimum atomic E-state index is -3.51. The first-order valence-corrected chi connectivity index (χ1v) is 11.8. The van der Waals surface area contributed by atoms with Crippen molar-refractivity contribution < 1.29 is 17.9 Å². The van der Waals surface area contributed by atoms with Crippen molar-refractivity contribution in [3.8, 4) is 5.75 Å². The molecule has 0 bridgehead atoms. The van der Waals surface area contributed by atoms with Crippen LogP contribution >= 0.6 is 15.9 Å². The average Bonchev–Trinajstić information content (AvgIpc) is 3.24. The number of hydrogen-bond acceptors (Lipinski definition) is 4. The second-order valence-corrected chi connectivity index (χ2v) is 9.89. The van der Waals surface area contributed by atoms with Crippen molar-refractivity contribution in [1.29, 1.82) is 0 Å². The molecule has 1 N–H and O–H groups in total. The summed E-state index contributed by atoms with van der Waals surface area (Å²) in [5, 5.41) is 2.88. The van der Waals surface area contributed by atoms with E-state index < -0.39 is 10.0 Å². The molecule has 2 aromatic rings. The summed E-state index contributed by atoms with van der Waals surface area (Å²) in [7, 11) is -1.97. The first-order valence-electron chi connectivity index (χ1n) is 9.54. The number of carbonyl (C=O) groups excluding carboxylic acids is 1. The van der Waals surface area contributed by atoms with E-state index >= 15 is 0 Å². The van der Waals surface area contributed by atoms with Gasteiger partial charge in [-0.05, 0) is 73.7 Å². The Kier molecular flexibility index (Phi) is 6.97. The Morgan fingerprint density at radius 3 is 2.55 bits per heavy atom. The molecule has 156 valence electrons. The van der Waals surface area contributed by atoms with Gasteiger partial charge >= 0.3 is 0 Å². The molecule has 2 aromatic carbocycles. The molecule has 6 nitrogen and oxygen atoms in total. The molecule has 0 spiro atoms. The highest BCUT2D eigenvalue weighted by molar-refractivity contribution is 9.10. The predicted molar refractivity (Wildman–Crippen MR) is 117 cm³/mol. The van der Waals surface area contributed by atoms with Crippen LogP contribution in [0.3, 0.4) is 0 Å². The molecular weight excluding hydrogens is 456 g/mol. The number of ether oxygens (including phenoxy) is 1. The van der Waals surface area contributed by atoms with Gasteiger partial charge in [-0.15, -0.1) is 0 Å². The molecule has 0 saturated carbocycles. The standard InChI is InChI=1S/C21H25BrN2O4S/c1-15-13-17(6-8-19(15)22)23-21(25)10-5-16-14-18(7-9-20(16)28-2)29(26,27)24-11-3-4-12-24/h6-9,13-14H,3-5,10-12H2,1-2H3,(H,23,25). The number of hydrogen-bond donors (Lipinski definition) is 1. The first kappa shape index (κ1) is 21.8. The Bertz CT molecular complexity index is 1000. The molecule has 0 atom stereocenters. The van der Waals surface area contributed by atoms with Crippen molar-refractivity contribution in [2.75, 3.05) is 25.5 Å². The lowest BCUT2D eigenvalue weighted by atomic mass is 10.1. The third kappa shape index (κ3) is 5.18. The third-order valence-corrected chi connectivity index (χ3v) is 7.80. The van der Waals surface area contributed by atoms with Crippen LogP contribution in [-0.4, -0.2) is 38.8 Å². The fourth-order valence-electron chi connectivity index (χ4n) is 3.38. The van der Waals surface area contributed by atoms with Crippen molar-refractivity contribution in [2.24, 2.45) is 0 Å². The van der Waals surface area contributed by atoms with Crippen LogP contribution < -0.4 is 10.1 Å². The van der Waals surface area contributed by atoms with Gasteiger partial charge in [0.05, 0.1) is 12.0 Å². The molecule has 1 saturated heterocycles. The fourth-order valence-corrected chi connectivity index (χ4v) is 5.20. The van der Waals surface area contributed by atoms with Crippen LogP contribution in [0.2, 0.25) is 0 Å². The summed E-state index contributed by atoms with van der Waals surface area (Å²) in [5.74, 6) is 0.444. The zero-order chi connectivity index (χ0) is 21.0. The number of aryl methyl sites for hydroxylation is 2. The van der Waals surface area contributed by atoms with E-state index in [1.165, 1.54) is 11.4 Å². The Balaban J connectivity index is 1.72. The maximum absolute atomic E-state index is 12.8. The van der Waals surface area contributed by atoms with Gasteiger partial charge in [-0.1, -0.05) is 15.9 Å². The number of amides is 1. The van der Waals surface area contributed by atoms with E-state index in [0.717, 1.165) is 28.6 Å². The highest BCUT2D eigenvalue weighted by atomic mass is 79.9. The molecule has 1 heterocycles. The van der Waals surface area contributed by atoms with E-state index in [2.05, 4.69) is 21.2 Å². The van der Waals surface area contributed by atoms with E-state index in [1.54, 1.807) is 18.2 Å². The normalized spacial score (nSPS) is 14.7. The van der Waals surface area contributed by atoms with Crippen molar-refractivity contribution in [2.45, 2.75) is 37.5 Å². The average molecular weight is 481 g/mol. The fraction of sp³-hybridized carbons (Fsp3) is 0.381. The lowest BCUT2D eigenvalue weighted by Gasteiger charge is -2.17. The number of nitrogens with zero attached hydrogens (tertiary/aromatic N) is 1. The number of rotatable bonds is 7. The van der Waals surface area contributed by atoms with Gasteiger partial charge < -0.3 is 10.1 Å². The lowest BCUT2D eigenvalue weighted by Crippen LogP contribution is -2.28. The van der Waals surface area contributed by atoms with Gasteiger partial charge in [0.15, 0.2) is 0 Å². The van der Waals surface area contributed by atoms with Crippen LogP contribution in [0.15, 0.2) is 45.8 Å². The summed E-state index contributed by atoms with van der Waals surface area (Å²) < 4.78 is 33.5. The molecule has 1 aliphatic rings. The summed E-state index contributed by atoms with van der Waals surface area (Å²) in [6, 6.07) is 10.5. The zero-order valence-corrected chi connectivity index (χ0v) is 19.0. The molecule has 0 aromatic heterocycles. The molecule has 0 aliphatic carbocycles. The van der Waals surface area contributed by atoms with Gasteiger partial charge in [-0.25, -0.2) is 8.42 Å². The summed E-state index contributed by atoms with van der Waals surface area (Å²) in [4.78, 5) is 12.6. The van der Waals surface area contributed by atoms with Crippen LogP contribution in [0.5, 0.6) is 5.75 Å². The van der Waals surface area contributed by atoms with Crippen LogP contribution in [0.25, 0.3) is 0 Å². The molecule has 8 heteroatoms. The number of methoxy groups -OCH3 is 1. The predicted octanol–water partition coefficient (Wildman–Crippen LogP) is 4.12. The van der Waals surface area contributed by atoms with E-state index in [4.69, 9.17) is 4.74 Å². The molecule has 1 aliphatic heterocycles. The van der Waals surface area contributed by atoms with E-state index in [9.17, 15) is 13.2 Å². The second kappa shape index (κ2) is 9.28. The Labute approximate surface area is 180 Å². The van der Waals surface area contributed by atoms with Crippen LogP contribution in [0, 0.1) is 6.92 Å². The van der Waals surface area contributed by atoms with Crippen molar-refractivity contribution in [1.82, 2.24) is 4.31 Å². The minimum absolute atomic E-state index is 0.137. The van der Waals surface area contributed by atoms with Crippen molar-refractivity contribution in [3.05, 3.63) is 52.0 Å². The Morgan fingerprint density at radius 1 is 1.17 bits per heavy atom. The summed E-state index contributed by atoms with van der Waals surface area (Å²) >= 11 is 3.44. The largest absolute Gasteiger partial charge is 0.496 e. The number of carbonyl (C=O) groups is 1. The molecule has 29 heavy (non-hydrogen) atoms. The third-order valence-electron chi connectivity index (χ3n) is 5.02. The number of sulfonamides is 1. The molecule has 1 fully saturated rings. The van der Waals surface area contributed by atoms with Gasteiger partial charge in [0.25, 0.3) is 0 Å². The number of benzene rings is 2.